The molecule has 0 aliphatic heterocycles. The van der Waals surface area contributed by atoms with Crippen molar-refractivity contribution < 1.29 is 27.2 Å². The normalized spacial score (nSPS) is 11.7. The molecular formula is C16H17Cl2FN2O5S. The van der Waals surface area contributed by atoms with Crippen molar-refractivity contribution >= 4 is 39.1 Å². The van der Waals surface area contributed by atoms with Crippen LogP contribution in [0.15, 0.2) is 18.2 Å². The standard InChI is InChI=1S/C16H17Cl2FN2O5S/c1-8(2)10-7-9(3-4-11(10)22)26-14-12(17)15(19)21-16(13(14)18)20-5-6-27(23,24)25/h3-4,7-8,22H,5-6H2,1-2H3,(H,20,21)(H,23,24,25). The van der Waals surface area contributed by atoms with Crippen LogP contribution in [0.1, 0.15) is 25.3 Å². The first-order valence-corrected chi connectivity index (χ1v) is 10.1. The predicted octanol–water partition coefficient (Wildman–Crippen LogP) is 4.45. The molecule has 1 aromatic heterocycles. The fraction of sp³-hybridized carbons (Fsp3) is 0.312. The van der Waals surface area contributed by atoms with E-state index in [1.54, 1.807) is 6.07 Å². The summed E-state index contributed by atoms with van der Waals surface area (Å²) in [7, 11) is -4.21. The zero-order valence-corrected chi connectivity index (χ0v) is 16.7. The van der Waals surface area contributed by atoms with Crippen LogP contribution in [0.5, 0.6) is 17.2 Å². The number of rotatable bonds is 7. The van der Waals surface area contributed by atoms with E-state index in [1.165, 1.54) is 12.1 Å². The summed E-state index contributed by atoms with van der Waals surface area (Å²) in [6.07, 6.45) is 0. The third-order valence-corrected chi connectivity index (χ3v) is 4.89. The maximum absolute atomic E-state index is 14.0. The van der Waals surface area contributed by atoms with Crippen LogP contribution in [0.2, 0.25) is 10.0 Å². The predicted molar refractivity (Wildman–Crippen MR) is 101 cm³/mol. The lowest BCUT2D eigenvalue weighted by Crippen LogP contribution is -2.16. The average Bonchev–Trinajstić information content (AvgIpc) is 2.56. The van der Waals surface area contributed by atoms with Gasteiger partial charge in [-0.2, -0.15) is 17.8 Å². The number of pyridine rings is 1. The van der Waals surface area contributed by atoms with Crippen LogP contribution >= 0.6 is 23.2 Å². The summed E-state index contributed by atoms with van der Waals surface area (Å²) in [4.78, 5) is 3.52. The van der Waals surface area contributed by atoms with Gasteiger partial charge in [0.15, 0.2) is 11.6 Å². The van der Waals surface area contributed by atoms with Crippen molar-refractivity contribution in [2.75, 3.05) is 17.6 Å². The molecule has 0 bridgehead atoms. The van der Waals surface area contributed by atoms with Gasteiger partial charge in [0.2, 0.25) is 5.95 Å². The largest absolute Gasteiger partial charge is 0.508 e. The highest BCUT2D eigenvalue weighted by Gasteiger charge is 2.21. The molecule has 0 aliphatic carbocycles. The summed E-state index contributed by atoms with van der Waals surface area (Å²) in [5.74, 6) is -1.76. The Kier molecular flexibility index (Phi) is 6.74. The molecule has 7 nitrogen and oxygen atoms in total. The molecule has 11 heteroatoms. The number of aromatic nitrogens is 1. The van der Waals surface area contributed by atoms with Crippen LogP contribution in [0.3, 0.4) is 0 Å². The topological polar surface area (TPSA) is 109 Å². The maximum Gasteiger partial charge on any atom is 0.266 e. The first kappa shape index (κ1) is 21.5. The second kappa shape index (κ2) is 8.47. The van der Waals surface area contributed by atoms with E-state index in [0.717, 1.165) is 0 Å². The Bertz CT molecular complexity index is 954. The highest BCUT2D eigenvalue weighted by Crippen LogP contribution is 2.42. The molecule has 1 heterocycles. The number of benzene rings is 1. The van der Waals surface area contributed by atoms with Crippen molar-refractivity contribution in [2.24, 2.45) is 0 Å². The zero-order valence-electron chi connectivity index (χ0n) is 14.3. The van der Waals surface area contributed by atoms with E-state index in [1.807, 2.05) is 13.8 Å². The number of nitrogens with one attached hydrogen (secondary N) is 1. The number of aromatic hydroxyl groups is 1. The summed E-state index contributed by atoms with van der Waals surface area (Å²) < 4.78 is 49.9. The van der Waals surface area contributed by atoms with Gasteiger partial charge in [0, 0.05) is 12.1 Å². The van der Waals surface area contributed by atoms with Crippen molar-refractivity contribution in [2.45, 2.75) is 19.8 Å². The van der Waals surface area contributed by atoms with E-state index in [0.29, 0.717) is 5.56 Å². The summed E-state index contributed by atoms with van der Waals surface area (Å²) in [5.41, 5.74) is 0.612. The fourth-order valence-corrected chi connectivity index (χ4v) is 3.00. The average molecular weight is 439 g/mol. The molecule has 27 heavy (non-hydrogen) atoms. The lowest BCUT2D eigenvalue weighted by Gasteiger charge is -2.15. The Hall–Kier alpha value is -1.81. The molecule has 3 N–H and O–H groups in total. The summed E-state index contributed by atoms with van der Waals surface area (Å²) in [6.45, 7) is 3.49. The number of anilines is 1. The minimum absolute atomic E-state index is 0.00586. The maximum atomic E-state index is 14.0. The summed E-state index contributed by atoms with van der Waals surface area (Å²) >= 11 is 12.1. The van der Waals surface area contributed by atoms with Gasteiger partial charge in [0.25, 0.3) is 10.1 Å². The molecule has 0 atom stereocenters. The van der Waals surface area contributed by atoms with E-state index in [-0.39, 0.29) is 40.6 Å². The Morgan fingerprint density at radius 3 is 2.56 bits per heavy atom. The van der Waals surface area contributed by atoms with Crippen LogP contribution in [0.4, 0.5) is 10.2 Å². The molecular weight excluding hydrogens is 422 g/mol. The Labute approximate surface area is 165 Å². The quantitative estimate of drug-likeness (QED) is 0.432. The second-order valence-corrected chi connectivity index (χ2v) is 8.23. The number of hydrogen-bond acceptors (Lipinski definition) is 6. The van der Waals surface area contributed by atoms with Crippen LogP contribution in [-0.2, 0) is 10.1 Å². The minimum atomic E-state index is -4.21. The van der Waals surface area contributed by atoms with Crippen molar-refractivity contribution in [3.63, 3.8) is 0 Å². The number of phenolic OH excluding ortho intramolecular Hbond substituents is 1. The number of ether oxygens (including phenoxy) is 1. The molecule has 0 spiro atoms. The van der Waals surface area contributed by atoms with Gasteiger partial charge in [0.05, 0.1) is 5.75 Å². The van der Waals surface area contributed by atoms with Gasteiger partial charge in [-0.3, -0.25) is 4.55 Å². The fourth-order valence-electron chi connectivity index (χ4n) is 2.18. The highest BCUT2D eigenvalue weighted by atomic mass is 35.5. The van der Waals surface area contributed by atoms with Gasteiger partial charge in [-0.15, -0.1) is 0 Å². The van der Waals surface area contributed by atoms with Crippen LogP contribution in [-0.4, -0.2) is 35.4 Å². The Morgan fingerprint density at radius 1 is 1.30 bits per heavy atom. The molecule has 0 saturated heterocycles. The minimum Gasteiger partial charge on any atom is -0.508 e. The molecule has 0 radical (unpaired) electrons. The van der Waals surface area contributed by atoms with Crippen molar-refractivity contribution in [3.05, 3.63) is 39.8 Å². The van der Waals surface area contributed by atoms with Crippen LogP contribution in [0, 0.1) is 5.95 Å². The van der Waals surface area contributed by atoms with Crippen LogP contribution < -0.4 is 10.1 Å². The highest BCUT2D eigenvalue weighted by molar-refractivity contribution is 7.85. The molecule has 0 aliphatic rings. The van der Waals surface area contributed by atoms with E-state index in [9.17, 15) is 17.9 Å². The van der Waals surface area contributed by atoms with Gasteiger partial charge in [0.1, 0.15) is 21.5 Å². The van der Waals surface area contributed by atoms with Gasteiger partial charge < -0.3 is 15.2 Å². The summed E-state index contributed by atoms with van der Waals surface area (Å²) in [5, 5.41) is 11.7. The van der Waals surface area contributed by atoms with Gasteiger partial charge in [-0.25, -0.2) is 0 Å². The molecule has 1 aromatic carbocycles. The zero-order chi connectivity index (χ0) is 20.4. The number of hydrogen-bond donors (Lipinski definition) is 3. The number of nitrogens with zero attached hydrogens (tertiary/aromatic N) is 1. The molecule has 148 valence electrons. The van der Waals surface area contributed by atoms with Gasteiger partial charge in [-0.05, 0) is 24.1 Å². The second-order valence-electron chi connectivity index (χ2n) is 5.90. The molecule has 2 aromatic rings. The third-order valence-electron chi connectivity index (χ3n) is 3.49. The van der Waals surface area contributed by atoms with E-state index in [2.05, 4.69) is 10.3 Å². The molecule has 0 unspecified atom stereocenters. The van der Waals surface area contributed by atoms with Crippen LogP contribution in [0.25, 0.3) is 0 Å². The van der Waals surface area contributed by atoms with E-state index in [4.69, 9.17) is 32.5 Å². The smallest absolute Gasteiger partial charge is 0.266 e. The number of phenols is 1. The van der Waals surface area contributed by atoms with Crippen molar-refractivity contribution in [1.29, 1.82) is 0 Å². The van der Waals surface area contributed by atoms with E-state index < -0.39 is 26.8 Å². The SMILES string of the molecule is CC(C)c1cc(Oc2c(Cl)c(F)nc(NCCS(=O)(=O)O)c2Cl)ccc1O. The van der Waals surface area contributed by atoms with Gasteiger partial charge >= 0.3 is 0 Å². The van der Waals surface area contributed by atoms with Crippen molar-refractivity contribution in [1.82, 2.24) is 4.98 Å². The van der Waals surface area contributed by atoms with E-state index >= 15 is 0 Å². The lowest BCUT2D eigenvalue weighted by atomic mass is 10.0. The lowest BCUT2D eigenvalue weighted by molar-refractivity contribution is 0.452. The first-order chi connectivity index (χ1) is 12.5. The molecule has 0 fully saturated rings. The summed E-state index contributed by atoms with van der Waals surface area (Å²) in [6, 6.07) is 4.45. The Balaban J connectivity index is 2.35. The van der Waals surface area contributed by atoms with Gasteiger partial charge in [-0.1, -0.05) is 37.0 Å². The van der Waals surface area contributed by atoms with Crippen molar-refractivity contribution in [3.8, 4) is 17.2 Å². The first-order valence-electron chi connectivity index (χ1n) is 7.74. The molecule has 0 amide bonds. The third kappa shape index (κ3) is 5.58. The Morgan fingerprint density at radius 2 is 1.96 bits per heavy atom. The molecule has 0 saturated carbocycles. The number of halogens is 3. The molecule has 2 rings (SSSR count). The monoisotopic (exact) mass is 438 g/mol.